The molecular formula is C26H21N3O4S. The third-order valence-corrected chi connectivity index (χ3v) is 7.48. The first-order valence-electron chi connectivity index (χ1n) is 10.6. The molecule has 0 radical (unpaired) electrons. The fourth-order valence-corrected chi connectivity index (χ4v) is 5.90. The first-order valence-corrected chi connectivity index (χ1v) is 11.4. The minimum Gasteiger partial charge on any atom is -0.496 e. The number of benzene rings is 3. The smallest absolute Gasteiger partial charge is 0.266 e. The Morgan fingerprint density at radius 1 is 1.03 bits per heavy atom. The van der Waals surface area contributed by atoms with E-state index in [1.54, 1.807) is 25.3 Å². The number of rotatable bonds is 4. The summed E-state index contributed by atoms with van der Waals surface area (Å²) in [5, 5.41) is 9.44. The molecule has 0 unspecified atom stereocenters. The van der Waals surface area contributed by atoms with Gasteiger partial charge in [-0.3, -0.25) is 14.5 Å². The first-order chi connectivity index (χ1) is 16.5. The molecule has 0 atom stereocenters. The number of anilines is 2. The first kappa shape index (κ1) is 21.9. The van der Waals surface area contributed by atoms with Crippen LogP contribution in [0.5, 0.6) is 11.5 Å². The van der Waals surface area contributed by atoms with Crippen LogP contribution in [0.3, 0.4) is 0 Å². The predicted molar refractivity (Wildman–Crippen MR) is 128 cm³/mol. The van der Waals surface area contributed by atoms with E-state index >= 15 is 0 Å². The zero-order valence-electron chi connectivity index (χ0n) is 18.9. The lowest BCUT2D eigenvalue weighted by molar-refractivity contribution is 0.0627. The summed E-state index contributed by atoms with van der Waals surface area (Å²) in [4.78, 5) is 31.7. The average Bonchev–Trinajstić information content (AvgIpc) is 3.20. The molecule has 0 bridgehead atoms. The molecule has 3 aromatic carbocycles. The van der Waals surface area contributed by atoms with Crippen molar-refractivity contribution >= 4 is 35.0 Å². The maximum absolute atomic E-state index is 13.8. The van der Waals surface area contributed by atoms with E-state index in [-0.39, 0.29) is 18.9 Å². The van der Waals surface area contributed by atoms with Crippen molar-refractivity contribution in [2.24, 2.45) is 0 Å². The van der Waals surface area contributed by atoms with Gasteiger partial charge in [0, 0.05) is 23.1 Å². The summed E-state index contributed by atoms with van der Waals surface area (Å²) in [6, 6.07) is 16.9. The molecule has 0 aliphatic carbocycles. The number of nitrogens with zero attached hydrogens (tertiary/aromatic N) is 3. The van der Waals surface area contributed by atoms with E-state index in [4.69, 9.17) is 9.47 Å². The summed E-state index contributed by atoms with van der Waals surface area (Å²) in [6.45, 7) is 0.214. The van der Waals surface area contributed by atoms with Crippen LogP contribution in [0.15, 0.2) is 58.3 Å². The lowest BCUT2D eigenvalue weighted by atomic mass is 10.1. The highest BCUT2D eigenvalue weighted by atomic mass is 32.2. The molecule has 3 aromatic rings. The SMILES string of the molecule is COc1ccc2c(c1CC#N)Sc1c(ccc(OC)c1C(=O)N1Cc3ccccc3C1=O)N2C. The number of hydrogen-bond donors (Lipinski definition) is 0. The highest BCUT2D eigenvalue weighted by Gasteiger charge is 2.37. The van der Waals surface area contributed by atoms with Crippen LogP contribution in [-0.4, -0.2) is 38.0 Å². The number of nitriles is 1. The molecule has 0 spiro atoms. The Morgan fingerprint density at radius 2 is 1.71 bits per heavy atom. The predicted octanol–water partition coefficient (Wildman–Crippen LogP) is 4.80. The molecular weight excluding hydrogens is 450 g/mol. The van der Waals surface area contributed by atoms with Gasteiger partial charge in [0.15, 0.2) is 0 Å². The third kappa shape index (κ3) is 3.20. The fourth-order valence-electron chi connectivity index (χ4n) is 4.49. The number of carbonyl (C=O) groups is 2. The Balaban J connectivity index is 1.65. The monoisotopic (exact) mass is 471 g/mol. The van der Waals surface area contributed by atoms with Gasteiger partial charge in [-0.2, -0.15) is 5.26 Å². The molecule has 0 saturated carbocycles. The standard InChI is InChI=1S/C26H21N3O4S/c1-28-18-8-10-20(32-2)17(12-13-27)23(18)34-24-19(28)9-11-21(33-3)22(24)26(31)29-14-15-6-4-5-7-16(15)25(29)30/h4-11H,12,14H2,1-3H3. The number of amides is 2. The number of imide groups is 1. The van der Waals surface area contributed by atoms with Crippen molar-refractivity contribution in [2.45, 2.75) is 22.8 Å². The Hall–Kier alpha value is -3.96. The van der Waals surface area contributed by atoms with Crippen LogP contribution in [-0.2, 0) is 13.0 Å². The summed E-state index contributed by atoms with van der Waals surface area (Å²) >= 11 is 1.40. The number of hydrogen-bond acceptors (Lipinski definition) is 7. The van der Waals surface area contributed by atoms with Crippen molar-refractivity contribution in [1.29, 1.82) is 5.26 Å². The van der Waals surface area contributed by atoms with Crippen molar-refractivity contribution in [3.8, 4) is 17.6 Å². The Bertz CT molecular complexity index is 1400. The zero-order valence-corrected chi connectivity index (χ0v) is 19.7. The Labute approximate surface area is 201 Å². The molecule has 7 nitrogen and oxygen atoms in total. The second kappa shape index (κ2) is 8.43. The third-order valence-electron chi connectivity index (χ3n) is 6.20. The van der Waals surface area contributed by atoms with E-state index in [1.165, 1.54) is 23.8 Å². The van der Waals surface area contributed by atoms with E-state index in [0.717, 1.165) is 27.4 Å². The van der Waals surface area contributed by atoms with Crippen molar-refractivity contribution in [3.63, 3.8) is 0 Å². The van der Waals surface area contributed by atoms with Gasteiger partial charge in [0.1, 0.15) is 11.5 Å². The van der Waals surface area contributed by atoms with Crippen molar-refractivity contribution in [2.75, 3.05) is 26.2 Å². The minimum absolute atomic E-state index is 0.162. The van der Waals surface area contributed by atoms with Gasteiger partial charge in [-0.1, -0.05) is 30.0 Å². The highest BCUT2D eigenvalue weighted by molar-refractivity contribution is 8.00. The van der Waals surface area contributed by atoms with Crippen molar-refractivity contribution in [3.05, 3.63) is 70.8 Å². The topological polar surface area (TPSA) is 82.9 Å². The van der Waals surface area contributed by atoms with Gasteiger partial charge in [0.2, 0.25) is 0 Å². The molecule has 170 valence electrons. The van der Waals surface area contributed by atoms with Crippen molar-refractivity contribution in [1.82, 2.24) is 4.90 Å². The Morgan fingerprint density at radius 3 is 2.38 bits per heavy atom. The van der Waals surface area contributed by atoms with Gasteiger partial charge in [-0.15, -0.1) is 0 Å². The lowest BCUT2D eigenvalue weighted by Crippen LogP contribution is -2.32. The summed E-state index contributed by atoms with van der Waals surface area (Å²) in [5.74, 6) is 0.276. The molecule has 34 heavy (non-hydrogen) atoms. The van der Waals surface area contributed by atoms with Crippen LogP contribution < -0.4 is 14.4 Å². The van der Waals surface area contributed by atoms with Gasteiger partial charge in [-0.25, -0.2) is 0 Å². The molecule has 8 heteroatoms. The highest BCUT2D eigenvalue weighted by Crippen LogP contribution is 2.53. The minimum atomic E-state index is -0.413. The number of methoxy groups -OCH3 is 2. The number of carbonyl (C=O) groups excluding carboxylic acids is 2. The second-order valence-corrected chi connectivity index (χ2v) is 8.96. The molecule has 0 saturated heterocycles. The molecule has 0 N–H and O–H groups in total. The lowest BCUT2D eigenvalue weighted by Gasteiger charge is -2.33. The van der Waals surface area contributed by atoms with Gasteiger partial charge in [-0.05, 0) is 35.9 Å². The normalized spacial score (nSPS) is 13.6. The largest absolute Gasteiger partial charge is 0.496 e. The van der Waals surface area contributed by atoms with E-state index in [1.807, 2.05) is 42.3 Å². The van der Waals surface area contributed by atoms with Crippen LogP contribution >= 0.6 is 11.8 Å². The van der Waals surface area contributed by atoms with E-state index in [9.17, 15) is 14.9 Å². The molecule has 5 rings (SSSR count). The van der Waals surface area contributed by atoms with Crippen molar-refractivity contribution < 1.29 is 19.1 Å². The van der Waals surface area contributed by atoms with E-state index in [2.05, 4.69) is 6.07 Å². The average molecular weight is 472 g/mol. The van der Waals surface area contributed by atoms with Gasteiger partial charge in [0.05, 0.1) is 55.1 Å². The van der Waals surface area contributed by atoms with E-state index in [0.29, 0.717) is 27.5 Å². The molecule has 2 aliphatic rings. The van der Waals surface area contributed by atoms with Crippen LogP contribution in [0.25, 0.3) is 0 Å². The van der Waals surface area contributed by atoms with Gasteiger partial charge >= 0.3 is 0 Å². The maximum atomic E-state index is 13.8. The van der Waals surface area contributed by atoms with E-state index < -0.39 is 5.91 Å². The number of ether oxygens (including phenoxy) is 2. The summed E-state index contributed by atoms with van der Waals surface area (Å²) in [6.07, 6.45) is 0.162. The molecule has 2 amide bonds. The van der Waals surface area contributed by atoms with Crippen LogP contribution in [0.4, 0.5) is 11.4 Å². The number of fused-ring (bicyclic) bond motifs is 3. The Kier molecular flexibility index (Phi) is 5.42. The summed E-state index contributed by atoms with van der Waals surface area (Å²) in [7, 11) is 4.99. The quantitative estimate of drug-likeness (QED) is 0.506. The molecule has 2 aliphatic heterocycles. The molecule has 0 aromatic heterocycles. The maximum Gasteiger partial charge on any atom is 0.266 e. The van der Waals surface area contributed by atoms with Gasteiger partial charge in [0.25, 0.3) is 11.8 Å². The molecule has 2 heterocycles. The van der Waals surface area contributed by atoms with Crippen LogP contribution in [0, 0.1) is 11.3 Å². The zero-order chi connectivity index (χ0) is 24.0. The van der Waals surface area contributed by atoms with Gasteiger partial charge < -0.3 is 14.4 Å². The second-order valence-electron chi connectivity index (χ2n) is 7.94. The molecule has 0 fully saturated rings. The fraction of sp³-hybridized carbons (Fsp3) is 0.192. The summed E-state index contributed by atoms with van der Waals surface area (Å²) in [5.41, 5.74) is 4.18. The van der Waals surface area contributed by atoms with Crippen LogP contribution in [0.1, 0.15) is 31.8 Å². The van der Waals surface area contributed by atoms with Crippen LogP contribution in [0.2, 0.25) is 0 Å². The summed E-state index contributed by atoms with van der Waals surface area (Å²) < 4.78 is 11.1.